The molecular weight excluding hydrogens is 154 g/mol. The molecule has 1 aliphatic heterocycles. The van der Waals surface area contributed by atoms with Gasteiger partial charge in [0.1, 0.15) is 0 Å². The fourth-order valence-corrected chi connectivity index (χ4v) is 2.47. The Bertz CT molecular complexity index is 154. The summed E-state index contributed by atoms with van der Waals surface area (Å²) in [7, 11) is 0. The summed E-state index contributed by atoms with van der Waals surface area (Å²) in [5.74, 6) is 0. The van der Waals surface area contributed by atoms with Crippen molar-refractivity contribution in [3.05, 3.63) is 0 Å². The molecule has 1 heterocycles. The zero-order valence-electron chi connectivity index (χ0n) is 7.63. The zero-order chi connectivity index (χ0) is 8.27. The maximum atomic E-state index is 4.59. The molecule has 0 bridgehead atoms. The second kappa shape index (κ2) is 4.15. The summed E-state index contributed by atoms with van der Waals surface area (Å²) in [6.45, 7) is 6.62. The lowest BCUT2D eigenvalue weighted by Crippen LogP contribution is -2.02. The van der Waals surface area contributed by atoms with Crippen LogP contribution in [0.25, 0.3) is 0 Å². The minimum atomic E-state index is 0.574. The first kappa shape index (κ1) is 9.11. The number of thioether (sulfide) groups is 1. The second-order valence-corrected chi connectivity index (χ2v) is 4.67. The number of unbranched alkanes of at least 4 members (excludes halogenated alkanes) is 1. The maximum absolute atomic E-state index is 4.59. The summed E-state index contributed by atoms with van der Waals surface area (Å²) in [5.41, 5.74) is 1.33. The summed E-state index contributed by atoms with van der Waals surface area (Å²) in [6.07, 6.45) is 3.88. The predicted molar refractivity (Wildman–Crippen MR) is 53.5 cm³/mol. The Morgan fingerprint density at radius 1 is 1.55 bits per heavy atom. The SMILES string of the molecule is CCCC[C@@H]1N=C(C)[C@@H](C)S1. The fourth-order valence-electron chi connectivity index (χ4n) is 1.21. The Balaban J connectivity index is 2.29. The van der Waals surface area contributed by atoms with Crippen LogP contribution in [-0.2, 0) is 0 Å². The highest BCUT2D eigenvalue weighted by Gasteiger charge is 2.21. The van der Waals surface area contributed by atoms with E-state index in [-0.39, 0.29) is 0 Å². The molecule has 2 heteroatoms. The van der Waals surface area contributed by atoms with Gasteiger partial charge in [0, 0.05) is 11.0 Å². The van der Waals surface area contributed by atoms with Crippen molar-refractivity contribution >= 4 is 17.5 Å². The number of rotatable bonds is 3. The van der Waals surface area contributed by atoms with Crippen molar-refractivity contribution in [3.8, 4) is 0 Å². The lowest BCUT2D eigenvalue weighted by atomic mass is 10.2. The molecule has 0 aliphatic carbocycles. The van der Waals surface area contributed by atoms with E-state index in [1.165, 1.54) is 25.0 Å². The Morgan fingerprint density at radius 2 is 2.27 bits per heavy atom. The first-order valence-electron chi connectivity index (χ1n) is 4.43. The summed E-state index contributed by atoms with van der Waals surface area (Å²) in [6, 6.07) is 0. The molecule has 0 radical (unpaired) electrons. The van der Waals surface area contributed by atoms with E-state index < -0.39 is 0 Å². The quantitative estimate of drug-likeness (QED) is 0.635. The summed E-state index contributed by atoms with van der Waals surface area (Å²) < 4.78 is 0. The highest BCUT2D eigenvalue weighted by Crippen LogP contribution is 2.30. The van der Waals surface area contributed by atoms with Crippen molar-refractivity contribution in [2.24, 2.45) is 4.99 Å². The molecule has 11 heavy (non-hydrogen) atoms. The fraction of sp³-hybridized carbons (Fsp3) is 0.889. The molecule has 0 saturated carbocycles. The Labute approximate surface area is 73.7 Å². The molecule has 2 atom stereocenters. The maximum Gasteiger partial charge on any atom is 0.0957 e. The number of hydrogen-bond donors (Lipinski definition) is 0. The zero-order valence-corrected chi connectivity index (χ0v) is 8.45. The minimum absolute atomic E-state index is 0.574. The first-order chi connectivity index (χ1) is 5.24. The molecule has 0 N–H and O–H groups in total. The first-order valence-corrected chi connectivity index (χ1v) is 5.38. The van der Waals surface area contributed by atoms with E-state index in [2.05, 4.69) is 25.8 Å². The largest absolute Gasteiger partial charge is 0.279 e. The third-order valence-electron chi connectivity index (χ3n) is 2.10. The van der Waals surface area contributed by atoms with Gasteiger partial charge in [0.25, 0.3) is 0 Å². The van der Waals surface area contributed by atoms with Gasteiger partial charge in [0.05, 0.1) is 5.37 Å². The molecule has 0 saturated heterocycles. The van der Waals surface area contributed by atoms with Crippen molar-refractivity contribution in [3.63, 3.8) is 0 Å². The lowest BCUT2D eigenvalue weighted by Gasteiger charge is -2.05. The number of hydrogen-bond acceptors (Lipinski definition) is 2. The highest BCUT2D eigenvalue weighted by molar-refractivity contribution is 8.01. The molecule has 1 rings (SSSR count). The van der Waals surface area contributed by atoms with E-state index in [0.717, 1.165) is 0 Å². The molecule has 0 aromatic heterocycles. The molecule has 0 spiro atoms. The van der Waals surface area contributed by atoms with Crippen molar-refractivity contribution in [2.75, 3.05) is 0 Å². The van der Waals surface area contributed by atoms with Crippen LogP contribution in [0.5, 0.6) is 0 Å². The van der Waals surface area contributed by atoms with Crippen LogP contribution in [0.3, 0.4) is 0 Å². The third kappa shape index (κ3) is 2.51. The average Bonchev–Trinajstić information content (AvgIpc) is 2.28. The smallest absolute Gasteiger partial charge is 0.0957 e. The third-order valence-corrected chi connectivity index (χ3v) is 3.51. The van der Waals surface area contributed by atoms with Crippen molar-refractivity contribution < 1.29 is 0 Å². The molecule has 0 aromatic rings. The van der Waals surface area contributed by atoms with Gasteiger partial charge in [0.15, 0.2) is 0 Å². The van der Waals surface area contributed by atoms with Gasteiger partial charge >= 0.3 is 0 Å². The van der Waals surface area contributed by atoms with Gasteiger partial charge in [-0.25, -0.2) is 0 Å². The van der Waals surface area contributed by atoms with E-state index in [4.69, 9.17) is 0 Å². The van der Waals surface area contributed by atoms with E-state index in [0.29, 0.717) is 10.6 Å². The van der Waals surface area contributed by atoms with E-state index >= 15 is 0 Å². The standard InChI is InChI=1S/C9H17NS/c1-4-5-6-9-10-7(2)8(3)11-9/h8-9H,4-6H2,1-3H3/t8-,9-/m1/s1. The normalized spacial score (nSPS) is 30.6. The van der Waals surface area contributed by atoms with Crippen molar-refractivity contribution in [2.45, 2.75) is 50.7 Å². The molecule has 1 aliphatic rings. The second-order valence-electron chi connectivity index (χ2n) is 3.15. The van der Waals surface area contributed by atoms with Crippen LogP contribution in [0, 0.1) is 0 Å². The van der Waals surface area contributed by atoms with Crippen LogP contribution in [0.1, 0.15) is 40.0 Å². The van der Waals surface area contributed by atoms with Gasteiger partial charge in [-0.05, 0) is 20.3 Å². The Hall–Kier alpha value is 0.0200. The summed E-state index contributed by atoms with van der Waals surface area (Å²) in [4.78, 5) is 4.59. The Kier molecular flexibility index (Phi) is 3.44. The average molecular weight is 171 g/mol. The van der Waals surface area contributed by atoms with Gasteiger partial charge in [0.2, 0.25) is 0 Å². The lowest BCUT2D eigenvalue weighted by molar-refractivity contribution is 0.704. The van der Waals surface area contributed by atoms with Crippen LogP contribution < -0.4 is 0 Å². The Morgan fingerprint density at radius 3 is 2.73 bits per heavy atom. The van der Waals surface area contributed by atoms with Crippen LogP contribution in [0.4, 0.5) is 0 Å². The van der Waals surface area contributed by atoms with Gasteiger partial charge in [-0.2, -0.15) is 0 Å². The molecule has 0 aromatic carbocycles. The minimum Gasteiger partial charge on any atom is -0.279 e. The van der Waals surface area contributed by atoms with Gasteiger partial charge in [-0.3, -0.25) is 4.99 Å². The van der Waals surface area contributed by atoms with E-state index in [1.54, 1.807) is 0 Å². The van der Waals surface area contributed by atoms with Crippen molar-refractivity contribution in [1.82, 2.24) is 0 Å². The van der Waals surface area contributed by atoms with Gasteiger partial charge in [-0.1, -0.05) is 19.8 Å². The highest BCUT2D eigenvalue weighted by atomic mass is 32.2. The van der Waals surface area contributed by atoms with E-state index in [1.807, 2.05) is 11.8 Å². The number of nitrogens with zero attached hydrogens (tertiary/aromatic N) is 1. The number of aliphatic imine (C=N–C) groups is 1. The molecular formula is C9H17NS. The summed E-state index contributed by atoms with van der Waals surface area (Å²) >= 11 is 2.01. The van der Waals surface area contributed by atoms with Crippen LogP contribution in [-0.4, -0.2) is 16.3 Å². The van der Waals surface area contributed by atoms with E-state index in [9.17, 15) is 0 Å². The molecule has 64 valence electrons. The predicted octanol–water partition coefficient (Wildman–Crippen LogP) is 3.10. The topological polar surface area (TPSA) is 12.4 Å². The van der Waals surface area contributed by atoms with Gasteiger partial charge in [-0.15, -0.1) is 11.8 Å². The van der Waals surface area contributed by atoms with Crippen molar-refractivity contribution in [1.29, 1.82) is 0 Å². The van der Waals surface area contributed by atoms with Gasteiger partial charge < -0.3 is 0 Å². The molecule has 0 unspecified atom stereocenters. The van der Waals surface area contributed by atoms with Crippen LogP contribution >= 0.6 is 11.8 Å². The molecule has 1 nitrogen and oxygen atoms in total. The van der Waals surface area contributed by atoms with Crippen LogP contribution in [0.2, 0.25) is 0 Å². The summed E-state index contributed by atoms with van der Waals surface area (Å²) in [5, 5.41) is 1.24. The molecule has 0 fully saturated rings. The van der Waals surface area contributed by atoms with Crippen LogP contribution in [0.15, 0.2) is 4.99 Å². The molecule has 0 amide bonds. The monoisotopic (exact) mass is 171 g/mol.